The molecule has 0 spiro atoms. The molecule has 0 saturated heterocycles. The monoisotopic (exact) mass is 209 g/mol. The fourth-order valence-corrected chi connectivity index (χ4v) is 1.95. The Kier molecular flexibility index (Phi) is 5.40. The van der Waals surface area contributed by atoms with Gasteiger partial charge in [0, 0.05) is 31.4 Å². The molecule has 3 heteroatoms. The Balaban J connectivity index is 2.56. The standard InChI is InChI=1S/C12H23N3/c1-4-7-11(13-5-2)10-12-14-8-9-15(12)6-3/h8-9,11,13H,4-7,10H2,1-3H3. The van der Waals surface area contributed by atoms with Crippen molar-refractivity contribution in [1.82, 2.24) is 14.9 Å². The second-order valence-electron chi connectivity index (χ2n) is 3.88. The normalized spacial score (nSPS) is 13.0. The van der Waals surface area contributed by atoms with E-state index in [1.54, 1.807) is 0 Å². The highest BCUT2D eigenvalue weighted by Gasteiger charge is 2.10. The molecule has 1 N–H and O–H groups in total. The van der Waals surface area contributed by atoms with E-state index in [4.69, 9.17) is 0 Å². The number of likely N-dealkylation sites (N-methyl/N-ethyl adjacent to an activating group) is 1. The quantitative estimate of drug-likeness (QED) is 0.746. The molecule has 1 aromatic rings. The zero-order valence-electron chi connectivity index (χ0n) is 10.2. The van der Waals surface area contributed by atoms with Crippen LogP contribution >= 0.6 is 0 Å². The van der Waals surface area contributed by atoms with Gasteiger partial charge >= 0.3 is 0 Å². The molecule has 1 unspecified atom stereocenters. The van der Waals surface area contributed by atoms with Gasteiger partial charge in [0.2, 0.25) is 0 Å². The van der Waals surface area contributed by atoms with E-state index in [2.05, 4.69) is 41.8 Å². The summed E-state index contributed by atoms with van der Waals surface area (Å²) in [5.74, 6) is 1.21. The number of imidazole rings is 1. The van der Waals surface area contributed by atoms with Crippen LogP contribution in [-0.4, -0.2) is 22.1 Å². The van der Waals surface area contributed by atoms with Gasteiger partial charge in [-0.2, -0.15) is 0 Å². The zero-order valence-corrected chi connectivity index (χ0v) is 10.2. The number of aromatic nitrogens is 2. The van der Waals surface area contributed by atoms with E-state index < -0.39 is 0 Å². The summed E-state index contributed by atoms with van der Waals surface area (Å²) >= 11 is 0. The van der Waals surface area contributed by atoms with Gasteiger partial charge in [-0.3, -0.25) is 0 Å². The molecule has 1 aromatic heterocycles. The largest absolute Gasteiger partial charge is 0.335 e. The summed E-state index contributed by atoms with van der Waals surface area (Å²) in [6.07, 6.45) is 7.45. The summed E-state index contributed by atoms with van der Waals surface area (Å²) in [7, 11) is 0. The Morgan fingerprint density at radius 1 is 1.40 bits per heavy atom. The number of rotatable bonds is 7. The van der Waals surface area contributed by atoms with Gasteiger partial charge in [0.1, 0.15) is 5.82 Å². The smallest absolute Gasteiger partial charge is 0.110 e. The van der Waals surface area contributed by atoms with Gasteiger partial charge in [0.25, 0.3) is 0 Å². The van der Waals surface area contributed by atoms with Crippen LogP contribution in [0.5, 0.6) is 0 Å². The molecular formula is C12H23N3. The molecule has 0 radical (unpaired) electrons. The molecule has 15 heavy (non-hydrogen) atoms. The number of aryl methyl sites for hydroxylation is 1. The third-order valence-corrected chi connectivity index (χ3v) is 2.70. The predicted molar refractivity (Wildman–Crippen MR) is 64.0 cm³/mol. The van der Waals surface area contributed by atoms with Gasteiger partial charge < -0.3 is 9.88 Å². The van der Waals surface area contributed by atoms with Crippen molar-refractivity contribution in [1.29, 1.82) is 0 Å². The van der Waals surface area contributed by atoms with Gasteiger partial charge in [-0.05, 0) is 19.9 Å². The van der Waals surface area contributed by atoms with Crippen molar-refractivity contribution < 1.29 is 0 Å². The first-order valence-electron chi connectivity index (χ1n) is 6.05. The van der Waals surface area contributed by atoms with Crippen LogP contribution in [0.25, 0.3) is 0 Å². The highest BCUT2D eigenvalue weighted by Crippen LogP contribution is 2.06. The molecule has 1 rings (SSSR count). The number of hydrogen-bond acceptors (Lipinski definition) is 2. The molecule has 0 aliphatic heterocycles. The molecule has 0 bridgehead atoms. The van der Waals surface area contributed by atoms with Crippen LogP contribution in [0, 0.1) is 0 Å². The lowest BCUT2D eigenvalue weighted by Gasteiger charge is -2.17. The van der Waals surface area contributed by atoms with Crippen molar-refractivity contribution in [3.05, 3.63) is 18.2 Å². The summed E-state index contributed by atoms with van der Waals surface area (Å²) in [6.45, 7) is 8.61. The Morgan fingerprint density at radius 3 is 2.80 bits per heavy atom. The molecule has 0 fully saturated rings. The van der Waals surface area contributed by atoms with Crippen molar-refractivity contribution >= 4 is 0 Å². The Hall–Kier alpha value is -0.830. The molecule has 0 aliphatic carbocycles. The lowest BCUT2D eigenvalue weighted by Crippen LogP contribution is -2.31. The molecule has 0 amide bonds. The van der Waals surface area contributed by atoms with Gasteiger partial charge in [0.15, 0.2) is 0 Å². The van der Waals surface area contributed by atoms with Crippen LogP contribution in [0.15, 0.2) is 12.4 Å². The van der Waals surface area contributed by atoms with Crippen molar-refractivity contribution in [2.75, 3.05) is 6.54 Å². The molecular weight excluding hydrogens is 186 g/mol. The second kappa shape index (κ2) is 6.62. The van der Waals surface area contributed by atoms with E-state index in [1.807, 2.05) is 6.20 Å². The Labute approximate surface area is 92.9 Å². The van der Waals surface area contributed by atoms with E-state index >= 15 is 0 Å². The van der Waals surface area contributed by atoms with E-state index in [0.717, 1.165) is 19.5 Å². The van der Waals surface area contributed by atoms with Crippen molar-refractivity contribution in [2.24, 2.45) is 0 Å². The van der Waals surface area contributed by atoms with Crippen LogP contribution < -0.4 is 5.32 Å². The topological polar surface area (TPSA) is 29.9 Å². The molecule has 1 heterocycles. The first-order valence-corrected chi connectivity index (χ1v) is 6.05. The molecule has 0 aliphatic rings. The number of hydrogen-bond donors (Lipinski definition) is 1. The minimum absolute atomic E-state index is 0.577. The van der Waals surface area contributed by atoms with Crippen molar-refractivity contribution in [3.63, 3.8) is 0 Å². The Bertz CT molecular complexity index is 262. The fourth-order valence-electron chi connectivity index (χ4n) is 1.95. The van der Waals surface area contributed by atoms with E-state index in [9.17, 15) is 0 Å². The van der Waals surface area contributed by atoms with Crippen LogP contribution in [0.2, 0.25) is 0 Å². The second-order valence-corrected chi connectivity index (χ2v) is 3.88. The lowest BCUT2D eigenvalue weighted by atomic mass is 10.1. The van der Waals surface area contributed by atoms with Crippen molar-refractivity contribution in [3.8, 4) is 0 Å². The maximum atomic E-state index is 4.41. The van der Waals surface area contributed by atoms with Crippen LogP contribution in [0.4, 0.5) is 0 Å². The summed E-state index contributed by atoms with van der Waals surface area (Å²) in [5.41, 5.74) is 0. The summed E-state index contributed by atoms with van der Waals surface area (Å²) in [6, 6.07) is 0.577. The Morgan fingerprint density at radius 2 is 2.20 bits per heavy atom. The predicted octanol–water partition coefficient (Wildman–Crippen LogP) is 2.22. The number of nitrogens with zero attached hydrogens (tertiary/aromatic N) is 2. The highest BCUT2D eigenvalue weighted by molar-refractivity contribution is 4.95. The van der Waals surface area contributed by atoms with Crippen LogP contribution in [0.1, 0.15) is 39.4 Å². The maximum Gasteiger partial charge on any atom is 0.110 e. The summed E-state index contributed by atoms with van der Waals surface area (Å²) in [4.78, 5) is 4.41. The minimum Gasteiger partial charge on any atom is -0.335 e. The third kappa shape index (κ3) is 3.67. The average Bonchev–Trinajstić information content (AvgIpc) is 2.66. The third-order valence-electron chi connectivity index (χ3n) is 2.70. The molecule has 3 nitrogen and oxygen atoms in total. The lowest BCUT2D eigenvalue weighted by molar-refractivity contribution is 0.468. The highest BCUT2D eigenvalue weighted by atomic mass is 15.1. The molecule has 0 saturated carbocycles. The molecule has 86 valence electrons. The van der Waals surface area contributed by atoms with Gasteiger partial charge in [-0.1, -0.05) is 20.3 Å². The SMILES string of the molecule is CCCC(Cc1nccn1CC)NCC. The molecule has 1 atom stereocenters. The van der Waals surface area contributed by atoms with Gasteiger partial charge in [-0.15, -0.1) is 0 Å². The fraction of sp³-hybridized carbons (Fsp3) is 0.750. The summed E-state index contributed by atoms with van der Waals surface area (Å²) < 4.78 is 2.22. The van der Waals surface area contributed by atoms with Crippen molar-refractivity contribution in [2.45, 2.75) is 52.6 Å². The van der Waals surface area contributed by atoms with E-state index in [0.29, 0.717) is 6.04 Å². The van der Waals surface area contributed by atoms with Crippen LogP contribution in [-0.2, 0) is 13.0 Å². The van der Waals surface area contributed by atoms with Crippen LogP contribution in [0.3, 0.4) is 0 Å². The zero-order chi connectivity index (χ0) is 11.1. The van der Waals surface area contributed by atoms with E-state index in [-0.39, 0.29) is 0 Å². The van der Waals surface area contributed by atoms with E-state index in [1.165, 1.54) is 18.7 Å². The first kappa shape index (κ1) is 12.2. The first-order chi connectivity index (χ1) is 7.31. The summed E-state index contributed by atoms with van der Waals surface area (Å²) in [5, 5.41) is 3.52. The van der Waals surface area contributed by atoms with Gasteiger partial charge in [0.05, 0.1) is 0 Å². The van der Waals surface area contributed by atoms with Gasteiger partial charge in [-0.25, -0.2) is 4.98 Å². The maximum absolute atomic E-state index is 4.41. The minimum atomic E-state index is 0.577. The number of nitrogens with one attached hydrogen (secondary N) is 1. The average molecular weight is 209 g/mol. The molecule has 0 aromatic carbocycles.